The first-order chi connectivity index (χ1) is 12.4. The van der Waals surface area contributed by atoms with Gasteiger partial charge in [-0.15, -0.1) is 0 Å². The Kier molecular flexibility index (Phi) is 4.58. The summed E-state index contributed by atoms with van der Waals surface area (Å²) in [6.07, 6.45) is 5.80. The third-order valence-electron chi connectivity index (χ3n) is 8.64. The number of hydrogen-bond acceptors (Lipinski definition) is 5. The third kappa shape index (κ3) is 2.40. The number of aliphatic hydroxyl groups excluding tert-OH is 4. The lowest BCUT2D eigenvalue weighted by Gasteiger charge is -2.60. The zero-order valence-corrected chi connectivity index (χ0v) is 15.6. The van der Waals surface area contributed by atoms with Crippen LogP contribution in [0.2, 0.25) is 0 Å². The molecule has 8 atom stereocenters. The third-order valence-corrected chi connectivity index (χ3v) is 8.64. The fourth-order valence-electron chi connectivity index (χ4n) is 7.56. The summed E-state index contributed by atoms with van der Waals surface area (Å²) in [5.74, 6) is 0.846. The fourth-order valence-corrected chi connectivity index (χ4v) is 7.56. The van der Waals surface area contributed by atoms with Gasteiger partial charge in [-0.25, -0.2) is 0 Å². The molecule has 0 aromatic rings. The van der Waals surface area contributed by atoms with Gasteiger partial charge in [0.25, 0.3) is 0 Å². The van der Waals surface area contributed by atoms with Gasteiger partial charge in [0, 0.05) is 11.8 Å². The van der Waals surface area contributed by atoms with E-state index in [1.54, 1.807) is 6.08 Å². The molecule has 26 heavy (non-hydrogen) atoms. The lowest BCUT2D eigenvalue weighted by atomic mass is 9.45. The molecule has 0 amide bonds. The summed E-state index contributed by atoms with van der Waals surface area (Å²) >= 11 is 0. The first-order valence-corrected chi connectivity index (χ1v) is 10.2. The fraction of sp³-hybridized carbons (Fsp3) is 0.857. The summed E-state index contributed by atoms with van der Waals surface area (Å²) < 4.78 is 0. The maximum Gasteiger partial charge on any atom is 0.155 e. The number of aliphatic hydroxyl groups is 4. The summed E-state index contributed by atoms with van der Waals surface area (Å²) in [6.45, 7) is 1.94. The van der Waals surface area contributed by atoms with Crippen molar-refractivity contribution in [2.45, 2.75) is 64.1 Å². The second-order valence-corrected chi connectivity index (χ2v) is 9.50. The summed E-state index contributed by atoms with van der Waals surface area (Å²) in [6, 6.07) is 0. The molecule has 4 aliphatic carbocycles. The van der Waals surface area contributed by atoms with Crippen molar-refractivity contribution in [3.8, 4) is 0 Å². The van der Waals surface area contributed by atoms with Crippen LogP contribution in [0.3, 0.4) is 0 Å². The van der Waals surface area contributed by atoms with Crippen LogP contribution in [0.15, 0.2) is 11.6 Å². The Morgan fingerprint density at radius 3 is 2.69 bits per heavy atom. The molecule has 3 fully saturated rings. The Labute approximate surface area is 155 Å². The minimum Gasteiger partial charge on any atom is -0.395 e. The van der Waals surface area contributed by atoms with E-state index in [2.05, 4.69) is 6.92 Å². The van der Waals surface area contributed by atoms with Crippen LogP contribution in [0.5, 0.6) is 0 Å². The molecule has 0 aromatic carbocycles. The normalized spacial score (nSPS) is 49.0. The van der Waals surface area contributed by atoms with Gasteiger partial charge in [0.15, 0.2) is 5.78 Å². The van der Waals surface area contributed by atoms with E-state index in [1.807, 2.05) is 0 Å². The number of rotatable bonds is 3. The van der Waals surface area contributed by atoms with E-state index in [4.69, 9.17) is 0 Å². The average Bonchev–Trinajstić information content (AvgIpc) is 2.97. The van der Waals surface area contributed by atoms with E-state index >= 15 is 0 Å². The summed E-state index contributed by atoms with van der Waals surface area (Å²) in [7, 11) is 0. The lowest BCUT2D eigenvalue weighted by molar-refractivity contribution is -0.154. The molecule has 0 unspecified atom stereocenters. The number of ketones is 1. The molecule has 4 aliphatic rings. The molecule has 0 aromatic heterocycles. The van der Waals surface area contributed by atoms with E-state index in [0.717, 1.165) is 31.3 Å². The second kappa shape index (κ2) is 6.40. The zero-order chi connectivity index (χ0) is 18.7. The molecule has 0 heterocycles. The van der Waals surface area contributed by atoms with Crippen molar-refractivity contribution in [1.29, 1.82) is 0 Å². The van der Waals surface area contributed by atoms with E-state index in [-0.39, 0.29) is 36.2 Å². The predicted octanol–water partition coefficient (Wildman–Crippen LogP) is 1.43. The first-order valence-electron chi connectivity index (χ1n) is 10.2. The van der Waals surface area contributed by atoms with Crippen molar-refractivity contribution in [2.24, 2.45) is 34.5 Å². The van der Waals surface area contributed by atoms with Crippen molar-refractivity contribution >= 4 is 5.78 Å². The molecule has 0 aliphatic heterocycles. The standard InChI is InChI=1S/C21H32O5/c1-20-9-17(25)19-14(15(20)4-5-16(20)18(26)10-22)3-2-12-8-13(24)6-7-21(12,19)11-23/h8,14-19,22-23,25-26H,2-7,9-11H2,1H3/t14-,15-,16+,17-,18-,19+,20-,21+/m0/s1. The van der Waals surface area contributed by atoms with Gasteiger partial charge < -0.3 is 20.4 Å². The van der Waals surface area contributed by atoms with Crippen LogP contribution in [-0.4, -0.2) is 51.6 Å². The van der Waals surface area contributed by atoms with Gasteiger partial charge in [-0.05, 0) is 73.7 Å². The molecule has 146 valence electrons. The SMILES string of the molecule is C[C@]12C[C@H](O)[C@H]3[C@@H](CCC4=CC(=O)CC[C@@]43CO)[C@@H]1CC[C@@H]2[C@@H](O)CO. The minimum atomic E-state index is -0.730. The number of carbonyl (C=O) groups excluding carboxylic acids is 1. The summed E-state index contributed by atoms with van der Waals surface area (Å²) in [4.78, 5) is 11.9. The molecule has 0 radical (unpaired) electrons. The minimum absolute atomic E-state index is 0.00350. The predicted molar refractivity (Wildman–Crippen MR) is 96.1 cm³/mol. The van der Waals surface area contributed by atoms with Gasteiger partial charge in [0.1, 0.15) is 0 Å². The van der Waals surface area contributed by atoms with Gasteiger partial charge in [-0.2, -0.15) is 0 Å². The molecule has 0 saturated heterocycles. The molecule has 3 saturated carbocycles. The van der Waals surface area contributed by atoms with E-state index in [9.17, 15) is 25.2 Å². The van der Waals surface area contributed by atoms with Crippen LogP contribution >= 0.6 is 0 Å². The van der Waals surface area contributed by atoms with Gasteiger partial charge >= 0.3 is 0 Å². The van der Waals surface area contributed by atoms with E-state index < -0.39 is 17.6 Å². The smallest absolute Gasteiger partial charge is 0.155 e. The van der Waals surface area contributed by atoms with Crippen LogP contribution < -0.4 is 0 Å². The van der Waals surface area contributed by atoms with E-state index in [1.165, 1.54) is 0 Å². The van der Waals surface area contributed by atoms with Crippen molar-refractivity contribution in [2.75, 3.05) is 13.2 Å². The quantitative estimate of drug-likeness (QED) is 0.607. The van der Waals surface area contributed by atoms with Crippen molar-refractivity contribution in [3.05, 3.63) is 11.6 Å². The highest BCUT2D eigenvalue weighted by Crippen LogP contribution is 2.66. The second-order valence-electron chi connectivity index (χ2n) is 9.50. The van der Waals surface area contributed by atoms with Gasteiger partial charge in [0.2, 0.25) is 0 Å². The summed E-state index contributed by atoms with van der Waals surface area (Å²) in [5, 5.41) is 41.4. The lowest BCUT2D eigenvalue weighted by Crippen LogP contribution is -2.59. The molecule has 5 heteroatoms. The van der Waals surface area contributed by atoms with E-state index in [0.29, 0.717) is 31.1 Å². The van der Waals surface area contributed by atoms with Crippen molar-refractivity contribution in [1.82, 2.24) is 0 Å². The largest absolute Gasteiger partial charge is 0.395 e. The topological polar surface area (TPSA) is 98.0 Å². The Hall–Kier alpha value is -0.750. The number of carbonyl (C=O) groups is 1. The van der Waals surface area contributed by atoms with Crippen LogP contribution in [0.4, 0.5) is 0 Å². The maximum atomic E-state index is 11.9. The Balaban J connectivity index is 1.71. The Morgan fingerprint density at radius 1 is 1.23 bits per heavy atom. The highest BCUT2D eigenvalue weighted by molar-refractivity contribution is 5.91. The first kappa shape index (κ1) is 18.6. The van der Waals surface area contributed by atoms with Crippen LogP contribution in [0.1, 0.15) is 51.9 Å². The average molecular weight is 364 g/mol. The zero-order valence-electron chi connectivity index (χ0n) is 15.6. The molecule has 5 nitrogen and oxygen atoms in total. The molecular formula is C21H32O5. The highest BCUT2D eigenvalue weighted by atomic mass is 16.3. The monoisotopic (exact) mass is 364 g/mol. The molecule has 4 rings (SSSR count). The van der Waals surface area contributed by atoms with Crippen molar-refractivity contribution in [3.63, 3.8) is 0 Å². The highest BCUT2D eigenvalue weighted by Gasteiger charge is 2.63. The molecule has 4 N–H and O–H groups in total. The number of fused-ring (bicyclic) bond motifs is 5. The Bertz CT molecular complexity index is 616. The van der Waals surface area contributed by atoms with Gasteiger partial charge in [0.05, 0.1) is 25.4 Å². The molecule has 0 bridgehead atoms. The van der Waals surface area contributed by atoms with Crippen LogP contribution in [-0.2, 0) is 4.79 Å². The molecular weight excluding hydrogens is 332 g/mol. The maximum absolute atomic E-state index is 11.9. The van der Waals surface area contributed by atoms with Crippen LogP contribution in [0.25, 0.3) is 0 Å². The Morgan fingerprint density at radius 2 is 2.00 bits per heavy atom. The summed E-state index contributed by atoms with van der Waals surface area (Å²) in [5.41, 5.74) is 0.418. The van der Waals surface area contributed by atoms with Crippen molar-refractivity contribution < 1.29 is 25.2 Å². The van der Waals surface area contributed by atoms with Gasteiger partial charge in [-0.1, -0.05) is 12.5 Å². The van der Waals surface area contributed by atoms with Gasteiger partial charge in [-0.3, -0.25) is 4.79 Å². The number of hydrogen-bond donors (Lipinski definition) is 4. The molecule has 0 spiro atoms. The van der Waals surface area contributed by atoms with Crippen LogP contribution in [0, 0.1) is 34.5 Å².